The molecule has 1 amide bonds. The predicted octanol–water partition coefficient (Wildman–Crippen LogP) is 4.96. The van der Waals surface area contributed by atoms with Crippen LogP contribution in [0.15, 0.2) is 24.3 Å². The number of nitro benzene ring substituents is 1. The Morgan fingerprint density at radius 2 is 2.30 bits per heavy atom. The summed E-state index contributed by atoms with van der Waals surface area (Å²) in [5.41, 5.74) is 1.87. The maximum atomic E-state index is 12.3. The zero-order valence-corrected chi connectivity index (χ0v) is 16.1. The third kappa shape index (κ3) is 4.18. The summed E-state index contributed by atoms with van der Waals surface area (Å²) in [6.45, 7) is 2.18. The summed E-state index contributed by atoms with van der Waals surface area (Å²) < 4.78 is 0. The van der Waals surface area contributed by atoms with Crippen molar-refractivity contribution in [2.24, 2.45) is 5.92 Å². The van der Waals surface area contributed by atoms with E-state index in [2.05, 4.69) is 18.3 Å². The second-order valence-corrected chi connectivity index (χ2v) is 7.97. The number of hydrogen-bond donors (Lipinski definition) is 1. The van der Waals surface area contributed by atoms with Crippen LogP contribution in [0.2, 0.25) is 5.02 Å². The molecule has 0 saturated carbocycles. The SMILES string of the molecule is CC1CCc2c(sc(NC(=O)/C=C/c3ccc(Cl)c([N+](=O)[O-])c3)c2C#N)C1. The lowest BCUT2D eigenvalue weighted by molar-refractivity contribution is -0.384. The maximum Gasteiger partial charge on any atom is 0.288 e. The molecule has 0 saturated heterocycles. The lowest BCUT2D eigenvalue weighted by Gasteiger charge is -2.17. The van der Waals surface area contributed by atoms with E-state index in [0.29, 0.717) is 22.0 Å². The van der Waals surface area contributed by atoms with Gasteiger partial charge in [0.15, 0.2) is 0 Å². The van der Waals surface area contributed by atoms with E-state index in [4.69, 9.17) is 11.6 Å². The molecule has 0 radical (unpaired) electrons. The van der Waals surface area contributed by atoms with Crippen molar-refractivity contribution in [2.75, 3.05) is 5.32 Å². The van der Waals surface area contributed by atoms with Crippen LogP contribution in [0.1, 0.15) is 34.9 Å². The zero-order valence-electron chi connectivity index (χ0n) is 14.5. The molecule has 1 aliphatic rings. The number of rotatable bonds is 4. The van der Waals surface area contributed by atoms with Gasteiger partial charge in [-0.2, -0.15) is 5.26 Å². The minimum Gasteiger partial charge on any atom is -0.313 e. The fourth-order valence-corrected chi connectivity index (χ4v) is 4.61. The lowest BCUT2D eigenvalue weighted by atomic mass is 9.89. The van der Waals surface area contributed by atoms with E-state index in [1.807, 2.05) is 0 Å². The first-order chi connectivity index (χ1) is 12.9. The molecule has 6 nitrogen and oxygen atoms in total. The molecule has 27 heavy (non-hydrogen) atoms. The van der Waals surface area contributed by atoms with Crippen molar-refractivity contribution in [3.63, 3.8) is 0 Å². The number of hydrogen-bond acceptors (Lipinski definition) is 5. The van der Waals surface area contributed by atoms with Gasteiger partial charge in [0.2, 0.25) is 5.91 Å². The smallest absolute Gasteiger partial charge is 0.288 e. The van der Waals surface area contributed by atoms with Crippen molar-refractivity contribution in [2.45, 2.75) is 26.2 Å². The zero-order chi connectivity index (χ0) is 19.6. The highest BCUT2D eigenvalue weighted by atomic mass is 35.5. The molecule has 1 N–H and O–H groups in total. The summed E-state index contributed by atoms with van der Waals surface area (Å²) in [6, 6.07) is 6.51. The van der Waals surface area contributed by atoms with Gasteiger partial charge in [0.25, 0.3) is 5.69 Å². The second-order valence-electron chi connectivity index (χ2n) is 6.46. The number of nitriles is 1. The van der Waals surface area contributed by atoms with E-state index in [1.165, 1.54) is 35.6 Å². The first-order valence-electron chi connectivity index (χ1n) is 8.36. The summed E-state index contributed by atoms with van der Waals surface area (Å²) in [4.78, 5) is 23.8. The monoisotopic (exact) mass is 401 g/mol. The third-order valence-corrected chi connectivity index (χ3v) is 5.94. The summed E-state index contributed by atoms with van der Waals surface area (Å²) in [7, 11) is 0. The third-order valence-electron chi connectivity index (χ3n) is 4.45. The molecule has 0 spiro atoms. The Morgan fingerprint density at radius 3 is 3.00 bits per heavy atom. The molecule has 1 unspecified atom stereocenters. The normalized spacial score (nSPS) is 16.0. The number of thiophene rings is 1. The van der Waals surface area contributed by atoms with Crippen LogP contribution in [0.25, 0.3) is 6.08 Å². The Morgan fingerprint density at radius 1 is 1.52 bits per heavy atom. The number of halogens is 1. The molecule has 0 aliphatic heterocycles. The number of nitro groups is 1. The van der Waals surface area contributed by atoms with Gasteiger partial charge in [0.05, 0.1) is 10.5 Å². The van der Waals surface area contributed by atoms with Gasteiger partial charge in [-0.15, -0.1) is 11.3 Å². The number of carbonyl (C=O) groups is 1. The van der Waals surface area contributed by atoms with E-state index < -0.39 is 10.8 Å². The molecule has 1 atom stereocenters. The topological polar surface area (TPSA) is 96.0 Å². The van der Waals surface area contributed by atoms with Crippen LogP contribution < -0.4 is 5.32 Å². The van der Waals surface area contributed by atoms with Crippen LogP contribution in [0, 0.1) is 27.4 Å². The van der Waals surface area contributed by atoms with Gasteiger partial charge < -0.3 is 5.32 Å². The van der Waals surface area contributed by atoms with Crippen LogP contribution in [0.5, 0.6) is 0 Å². The van der Waals surface area contributed by atoms with Crippen molar-refractivity contribution < 1.29 is 9.72 Å². The van der Waals surface area contributed by atoms with Crippen molar-refractivity contribution in [3.8, 4) is 6.07 Å². The van der Waals surface area contributed by atoms with E-state index in [9.17, 15) is 20.2 Å². The molecule has 1 aliphatic carbocycles. The van der Waals surface area contributed by atoms with Gasteiger partial charge in [-0.1, -0.05) is 24.6 Å². The standard InChI is InChI=1S/C19H16ClN3O3S/c1-11-2-5-13-14(10-21)19(27-17(13)8-11)22-18(24)7-4-12-3-6-15(20)16(9-12)23(25)26/h3-4,6-7,9,11H,2,5,8H2,1H3,(H,22,24)/b7-4+. The van der Waals surface area contributed by atoms with Crippen molar-refractivity contribution in [1.29, 1.82) is 5.26 Å². The number of benzene rings is 1. The number of anilines is 1. The number of fused-ring (bicyclic) bond motifs is 1. The van der Waals surface area contributed by atoms with Crippen molar-refractivity contribution >= 4 is 45.6 Å². The number of carbonyl (C=O) groups excluding carboxylic acids is 1. The predicted molar refractivity (Wildman–Crippen MR) is 106 cm³/mol. The quantitative estimate of drug-likeness (QED) is 0.445. The van der Waals surface area contributed by atoms with Crippen LogP contribution in [0.3, 0.4) is 0 Å². The maximum absolute atomic E-state index is 12.3. The molecule has 1 aromatic carbocycles. The van der Waals surface area contributed by atoms with Gasteiger partial charge in [-0.25, -0.2) is 0 Å². The second kappa shape index (κ2) is 7.91. The molecule has 1 heterocycles. The van der Waals surface area contributed by atoms with Gasteiger partial charge in [-0.3, -0.25) is 14.9 Å². The Hall–Kier alpha value is -2.69. The summed E-state index contributed by atoms with van der Waals surface area (Å²) in [5, 5.41) is 23.8. The van der Waals surface area contributed by atoms with Crippen LogP contribution in [0.4, 0.5) is 10.7 Å². The molecule has 3 rings (SSSR count). The van der Waals surface area contributed by atoms with Gasteiger partial charge in [0, 0.05) is 17.0 Å². The van der Waals surface area contributed by atoms with E-state index >= 15 is 0 Å². The Balaban J connectivity index is 1.77. The van der Waals surface area contributed by atoms with Crippen molar-refractivity contribution in [3.05, 3.63) is 61.0 Å². The van der Waals surface area contributed by atoms with E-state index in [1.54, 1.807) is 6.07 Å². The molecular weight excluding hydrogens is 386 g/mol. The van der Waals surface area contributed by atoms with E-state index in [0.717, 1.165) is 29.7 Å². The molecule has 0 bridgehead atoms. The first kappa shape index (κ1) is 19.1. The minimum absolute atomic E-state index is 0.0404. The largest absolute Gasteiger partial charge is 0.313 e. The van der Waals surface area contributed by atoms with Crippen LogP contribution >= 0.6 is 22.9 Å². The van der Waals surface area contributed by atoms with Crippen LogP contribution in [-0.4, -0.2) is 10.8 Å². The highest BCUT2D eigenvalue weighted by molar-refractivity contribution is 7.16. The van der Waals surface area contributed by atoms with Gasteiger partial charge in [-0.05, 0) is 48.4 Å². The average molecular weight is 402 g/mol. The highest BCUT2D eigenvalue weighted by Crippen LogP contribution is 2.39. The minimum atomic E-state index is -0.573. The highest BCUT2D eigenvalue weighted by Gasteiger charge is 2.24. The fraction of sp³-hybridized carbons (Fsp3) is 0.263. The Labute approximate surface area is 165 Å². The van der Waals surface area contributed by atoms with Gasteiger partial charge >= 0.3 is 0 Å². The number of nitrogens with zero attached hydrogens (tertiary/aromatic N) is 2. The lowest BCUT2D eigenvalue weighted by Crippen LogP contribution is -2.10. The van der Waals surface area contributed by atoms with Crippen molar-refractivity contribution in [1.82, 2.24) is 0 Å². The van der Waals surface area contributed by atoms with E-state index in [-0.39, 0.29) is 10.7 Å². The molecule has 1 aromatic heterocycles. The molecule has 8 heteroatoms. The summed E-state index contributed by atoms with van der Waals surface area (Å²) >= 11 is 7.23. The fourth-order valence-electron chi connectivity index (χ4n) is 3.06. The molecular formula is C19H16ClN3O3S. The summed E-state index contributed by atoms with van der Waals surface area (Å²) in [5.74, 6) is 0.183. The first-order valence-corrected chi connectivity index (χ1v) is 9.56. The Kier molecular flexibility index (Phi) is 5.59. The van der Waals surface area contributed by atoms with Crippen LogP contribution in [-0.2, 0) is 17.6 Å². The molecule has 2 aromatic rings. The number of amides is 1. The number of nitrogens with one attached hydrogen (secondary N) is 1. The Bertz CT molecular complexity index is 991. The average Bonchev–Trinajstić information content (AvgIpc) is 2.96. The molecule has 138 valence electrons. The summed E-state index contributed by atoms with van der Waals surface area (Å²) in [6.07, 6.45) is 5.58. The molecule has 0 fully saturated rings. The van der Waals surface area contributed by atoms with Gasteiger partial charge in [0.1, 0.15) is 16.1 Å².